The first-order valence-electron chi connectivity index (χ1n) is 5.57. The lowest BCUT2D eigenvalue weighted by atomic mass is 10.3. The maximum Gasteiger partial charge on any atom is 0.243 e. The van der Waals surface area contributed by atoms with Crippen molar-refractivity contribution in [1.29, 1.82) is 5.26 Å². The van der Waals surface area contributed by atoms with Gasteiger partial charge < -0.3 is 5.11 Å². The molecule has 1 rings (SSSR count). The monoisotopic (exact) mass is 268 g/mol. The lowest BCUT2D eigenvalue weighted by Gasteiger charge is -2.24. The number of sulfonamides is 1. The van der Waals surface area contributed by atoms with Crippen molar-refractivity contribution in [3.05, 3.63) is 24.3 Å². The fourth-order valence-corrected chi connectivity index (χ4v) is 3.27. The molecule has 6 heteroatoms. The van der Waals surface area contributed by atoms with Gasteiger partial charge in [0.05, 0.1) is 11.0 Å². The predicted octanol–water partition coefficient (Wildman–Crippen LogP) is 1.70. The third-order valence-corrected chi connectivity index (χ3v) is 4.52. The summed E-state index contributed by atoms with van der Waals surface area (Å²) >= 11 is 0. The van der Waals surface area contributed by atoms with Crippen LogP contribution in [0.3, 0.4) is 0 Å². The van der Waals surface area contributed by atoms with Crippen LogP contribution in [-0.2, 0) is 10.0 Å². The van der Waals surface area contributed by atoms with Crippen molar-refractivity contribution >= 4 is 10.0 Å². The number of phenolic OH excluding ortho intramolecular Hbond substituents is 1. The Labute approximate surface area is 107 Å². The molecule has 5 nitrogen and oxygen atoms in total. The molecular formula is C12H16N2O3S. The van der Waals surface area contributed by atoms with E-state index < -0.39 is 10.0 Å². The molecule has 0 spiro atoms. The summed E-state index contributed by atoms with van der Waals surface area (Å²) in [4.78, 5) is 0.0362. The SMILES string of the molecule is CC(C)N(CCC#N)S(=O)(=O)c1cccc(O)c1. The van der Waals surface area contributed by atoms with E-state index in [9.17, 15) is 13.5 Å². The Balaban J connectivity index is 3.14. The Morgan fingerprint density at radius 3 is 2.61 bits per heavy atom. The van der Waals surface area contributed by atoms with Gasteiger partial charge in [0, 0.05) is 19.0 Å². The molecule has 0 radical (unpaired) electrons. The minimum absolute atomic E-state index is 0.0362. The second-order valence-electron chi connectivity index (χ2n) is 4.11. The van der Waals surface area contributed by atoms with Crippen molar-refractivity contribution in [2.75, 3.05) is 6.54 Å². The minimum atomic E-state index is -3.67. The lowest BCUT2D eigenvalue weighted by Crippen LogP contribution is -2.37. The molecule has 1 aromatic carbocycles. The van der Waals surface area contributed by atoms with Gasteiger partial charge >= 0.3 is 0 Å². The largest absolute Gasteiger partial charge is 0.508 e. The fraction of sp³-hybridized carbons (Fsp3) is 0.417. The Morgan fingerprint density at radius 2 is 2.11 bits per heavy atom. The van der Waals surface area contributed by atoms with Gasteiger partial charge in [-0.1, -0.05) is 6.07 Å². The van der Waals surface area contributed by atoms with E-state index >= 15 is 0 Å². The van der Waals surface area contributed by atoms with Crippen LogP contribution in [0.25, 0.3) is 0 Å². The van der Waals surface area contributed by atoms with Gasteiger partial charge in [0.15, 0.2) is 0 Å². The average molecular weight is 268 g/mol. The first kappa shape index (κ1) is 14.5. The van der Waals surface area contributed by atoms with E-state index in [0.717, 1.165) is 0 Å². The van der Waals surface area contributed by atoms with Gasteiger partial charge in [-0.3, -0.25) is 0 Å². The van der Waals surface area contributed by atoms with Crippen LogP contribution in [0.1, 0.15) is 20.3 Å². The van der Waals surface area contributed by atoms with Crippen LogP contribution in [0.2, 0.25) is 0 Å². The van der Waals surface area contributed by atoms with Crippen LogP contribution >= 0.6 is 0 Å². The van der Waals surface area contributed by atoms with E-state index in [0.29, 0.717) is 0 Å². The number of hydrogen-bond acceptors (Lipinski definition) is 4. The second kappa shape index (κ2) is 5.85. The van der Waals surface area contributed by atoms with Gasteiger partial charge in [-0.2, -0.15) is 9.57 Å². The number of nitriles is 1. The van der Waals surface area contributed by atoms with Crippen LogP contribution in [0, 0.1) is 11.3 Å². The summed E-state index contributed by atoms with van der Waals surface area (Å²) in [6.45, 7) is 3.64. The molecule has 98 valence electrons. The Morgan fingerprint density at radius 1 is 1.44 bits per heavy atom. The smallest absolute Gasteiger partial charge is 0.243 e. The summed E-state index contributed by atoms with van der Waals surface area (Å²) < 4.78 is 25.9. The maximum atomic E-state index is 12.3. The molecule has 0 saturated carbocycles. The molecule has 0 aliphatic rings. The standard InChI is InChI=1S/C12H16N2O3S/c1-10(2)14(8-4-7-13)18(16,17)12-6-3-5-11(15)9-12/h3,5-6,9-10,15H,4,8H2,1-2H3. The van der Waals surface area contributed by atoms with Crippen molar-refractivity contribution in [3.63, 3.8) is 0 Å². The zero-order valence-electron chi connectivity index (χ0n) is 10.4. The third-order valence-electron chi connectivity index (χ3n) is 2.44. The summed E-state index contributed by atoms with van der Waals surface area (Å²) in [5.74, 6) is -0.0972. The number of benzene rings is 1. The Kier molecular flexibility index (Phi) is 4.70. The summed E-state index contributed by atoms with van der Waals surface area (Å²) in [7, 11) is -3.67. The van der Waals surface area contributed by atoms with Crippen molar-refractivity contribution < 1.29 is 13.5 Å². The number of rotatable bonds is 5. The summed E-state index contributed by atoms with van der Waals surface area (Å²) in [5, 5.41) is 17.9. The van der Waals surface area contributed by atoms with Gasteiger partial charge in [-0.05, 0) is 32.0 Å². The molecule has 0 bridgehead atoms. The number of nitrogens with zero attached hydrogens (tertiary/aromatic N) is 2. The molecule has 0 aromatic heterocycles. The van der Waals surface area contributed by atoms with Gasteiger partial charge in [-0.15, -0.1) is 0 Å². The van der Waals surface area contributed by atoms with Crippen LogP contribution in [0.4, 0.5) is 0 Å². The molecule has 18 heavy (non-hydrogen) atoms. The molecule has 0 aliphatic heterocycles. The normalized spacial score (nSPS) is 11.7. The highest BCUT2D eigenvalue weighted by Crippen LogP contribution is 2.21. The highest BCUT2D eigenvalue weighted by Gasteiger charge is 2.26. The topological polar surface area (TPSA) is 81.4 Å². The van der Waals surface area contributed by atoms with E-state index in [2.05, 4.69) is 0 Å². The van der Waals surface area contributed by atoms with Gasteiger partial charge in [-0.25, -0.2) is 8.42 Å². The first-order chi connectivity index (χ1) is 8.39. The quantitative estimate of drug-likeness (QED) is 0.881. The molecular weight excluding hydrogens is 252 g/mol. The van der Waals surface area contributed by atoms with Crippen molar-refractivity contribution in [2.45, 2.75) is 31.2 Å². The minimum Gasteiger partial charge on any atom is -0.508 e. The Hall–Kier alpha value is -1.58. The third kappa shape index (κ3) is 3.22. The molecule has 0 amide bonds. The summed E-state index contributed by atoms with van der Waals surface area (Å²) in [5.41, 5.74) is 0. The van der Waals surface area contributed by atoms with Crippen molar-refractivity contribution in [3.8, 4) is 11.8 Å². The van der Waals surface area contributed by atoms with E-state index in [1.807, 2.05) is 6.07 Å². The number of hydrogen-bond donors (Lipinski definition) is 1. The maximum absolute atomic E-state index is 12.3. The average Bonchev–Trinajstić information content (AvgIpc) is 2.28. The molecule has 0 unspecified atom stereocenters. The molecule has 1 N–H and O–H groups in total. The van der Waals surface area contributed by atoms with Gasteiger partial charge in [0.1, 0.15) is 5.75 Å². The molecule has 0 fully saturated rings. The first-order valence-corrected chi connectivity index (χ1v) is 7.01. The van der Waals surface area contributed by atoms with E-state index in [-0.39, 0.29) is 29.7 Å². The molecule has 0 aliphatic carbocycles. The molecule has 1 aromatic rings. The predicted molar refractivity (Wildman–Crippen MR) is 67.4 cm³/mol. The number of phenols is 1. The lowest BCUT2D eigenvalue weighted by molar-refractivity contribution is 0.360. The van der Waals surface area contributed by atoms with Crippen molar-refractivity contribution in [2.24, 2.45) is 0 Å². The van der Waals surface area contributed by atoms with E-state index in [1.165, 1.54) is 28.6 Å². The van der Waals surface area contributed by atoms with E-state index in [1.54, 1.807) is 13.8 Å². The highest BCUT2D eigenvalue weighted by atomic mass is 32.2. The van der Waals surface area contributed by atoms with Gasteiger partial charge in [0.25, 0.3) is 0 Å². The van der Waals surface area contributed by atoms with E-state index in [4.69, 9.17) is 5.26 Å². The van der Waals surface area contributed by atoms with Crippen LogP contribution < -0.4 is 0 Å². The van der Waals surface area contributed by atoms with Gasteiger partial charge in [0.2, 0.25) is 10.0 Å². The molecule has 0 atom stereocenters. The summed E-state index contributed by atoms with van der Waals surface area (Å²) in [6, 6.07) is 7.21. The second-order valence-corrected chi connectivity index (χ2v) is 6.01. The zero-order chi connectivity index (χ0) is 13.8. The summed E-state index contributed by atoms with van der Waals surface area (Å²) in [6.07, 6.45) is 0.135. The van der Waals surface area contributed by atoms with Crippen LogP contribution in [-0.4, -0.2) is 30.4 Å². The molecule has 0 heterocycles. The Bertz CT molecular complexity index is 547. The molecule has 0 saturated heterocycles. The van der Waals surface area contributed by atoms with Crippen LogP contribution in [0.15, 0.2) is 29.2 Å². The highest BCUT2D eigenvalue weighted by molar-refractivity contribution is 7.89. The van der Waals surface area contributed by atoms with Crippen molar-refractivity contribution in [1.82, 2.24) is 4.31 Å². The van der Waals surface area contributed by atoms with Crippen LogP contribution in [0.5, 0.6) is 5.75 Å². The number of aromatic hydroxyl groups is 1. The zero-order valence-corrected chi connectivity index (χ0v) is 11.2. The fourth-order valence-electron chi connectivity index (χ4n) is 1.60.